The molecule has 0 aromatic rings. The van der Waals surface area contributed by atoms with E-state index in [0.29, 0.717) is 0 Å². The number of rotatable bonds is 0. The summed E-state index contributed by atoms with van der Waals surface area (Å²) in [4.78, 5) is 0. The minimum atomic E-state index is -4.67. The summed E-state index contributed by atoms with van der Waals surface area (Å²) in [5.41, 5.74) is 0. The maximum atomic E-state index is 8.74. The smallest absolute Gasteiger partial charge is 0.870 e. The van der Waals surface area contributed by atoms with Gasteiger partial charge < -0.3 is 5.48 Å². The van der Waals surface area contributed by atoms with Crippen molar-refractivity contribution in [1.82, 2.24) is 6.15 Å². The van der Waals surface area contributed by atoms with Crippen LogP contribution in [0.15, 0.2) is 0 Å². The van der Waals surface area contributed by atoms with E-state index in [4.69, 9.17) is 17.5 Å². The molecule has 0 heterocycles. The molecule has 0 aliphatic carbocycles. The van der Waals surface area contributed by atoms with Crippen molar-refractivity contribution in [2.75, 3.05) is 0 Å². The molecule has 46 valence electrons. The first-order valence-corrected chi connectivity index (χ1v) is 2.10. The predicted octanol–water partition coefficient (Wildman–Crippen LogP) is -1.96. The van der Waals surface area contributed by atoms with Gasteiger partial charge in [-0.25, -0.2) is 0 Å². The number of hydrogen-bond acceptors (Lipinski definition) is 3. The standard InChI is InChI=1S/N.Na.H2O4S.H2O.H/c;;1-5(2,3)4;;/h;;(H2,1,2,3,4);1H2;/q+1;;;;/p-1. The first kappa shape index (κ1) is 23.2. The molecule has 0 rings (SSSR count). The second-order valence-corrected chi connectivity index (χ2v) is 1.34. The predicted molar refractivity (Wildman–Crippen MR) is 25.4 cm³/mol. The van der Waals surface area contributed by atoms with Crippen molar-refractivity contribution in [2.45, 2.75) is 0 Å². The van der Waals surface area contributed by atoms with Crippen LogP contribution in [-0.4, -0.2) is 52.6 Å². The average Bonchev–Trinajstić information content (AvgIpc) is 0.722. The van der Waals surface area contributed by atoms with Crippen molar-refractivity contribution in [2.24, 2.45) is 0 Å². The van der Waals surface area contributed by atoms with Crippen LogP contribution in [0.2, 0.25) is 0 Å². The molecule has 0 aromatic heterocycles. The summed E-state index contributed by atoms with van der Waals surface area (Å²) in [5.74, 6) is 0. The molecule has 0 fully saturated rings. The molecule has 8 heavy (non-hydrogen) atoms. The third-order valence-electron chi connectivity index (χ3n) is 0. The van der Waals surface area contributed by atoms with E-state index in [-0.39, 0.29) is 41.2 Å². The summed E-state index contributed by atoms with van der Waals surface area (Å²) in [6.07, 6.45) is 0. The zero-order valence-electron chi connectivity index (χ0n) is 3.01. The topological polar surface area (TPSA) is 135 Å². The van der Waals surface area contributed by atoms with Crippen LogP contribution in [0.25, 0.3) is 0 Å². The van der Waals surface area contributed by atoms with Gasteiger partial charge in [-0.2, -0.15) is 8.42 Å². The van der Waals surface area contributed by atoms with Crippen LogP contribution in [0.5, 0.6) is 0 Å². The van der Waals surface area contributed by atoms with Gasteiger partial charge in [0.2, 0.25) is 0 Å². The van der Waals surface area contributed by atoms with E-state index in [1.54, 1.807) is 0 Å². The van der Waals surface area contributed by atoms with Crippen LogP contribution >= 0.6 is 0 Å². The molecule has 6 nitrogen and oxygen atoms in total. The Morgan fingerprint density at radius 2 is 1.12 bits per heavy atom. The molecule has 0 saturated carbocycles. The quantitative estimate of drug-likeness (QED) is 0.307. The third-order valence-corrected chi connectivity index (χ3v) is 0. The Bertz CT molecular complexity index is 95.6. The van der Waals surface area contributed by atoms with Crippen molar-refractivity contribution >= 4 is 40.0 Å². The molecule has 0 amide bonds. The number of hydrogen-bond donors (Lipinski definition) is 2. The number of nitrogens with zero attached hydrogens (tertiary/aromatic N) is 1. The van der Waals surface area contributed by atoms with Crippen molar-refractivity contribution in [3.05, 3.63) is 0 Å². The van der Waals surface area contributed by atoms with Gasteiger partial charge in [0, 0.05) is 0 Å². The minimum absolute atomic E-state index is 0. The Morgan fingerprint density at radius 1 is 1.12 bits per heavy atom. The van der Waals surface area contributed by atoms with Crippen LogP contribution in [0.3, 0.4) is 0 Å². The van der Waals surface area contributed by atoms with E-state index >= 15 is 0 Å². The van der Waals surface area contributed by atoms with Crippen LogP contribution < -0.4 is 6.15 Å². The van der Waals surface area contributed by atoms with E-state index in [9.17, 15) is 0 Å². The Balaban J connectivity index is -0.0000000267. The zero-order valence-corrected chi connectivity index (χ0v) is 3.83. The van der Waals surface area contributed by atoms with Gasteiger partial charge in [-0.1, -0.05) is 0 Å². The molecule has 0 bridgehead atoms. The second kappa shape index (κ2) is 7.79. The fourth-order valence-corrected chi connectivity index (χ4v) is 0. The summed E-state index contributed by atoms with van der Waals surface area (Å²) in [6.45, 7) is 0. The van der Waals surface area contributed by atoms with Gasteiger partial charge in [-0.15, -0.1) is 0 Å². The van der Waals surface area contributed by atoms with Crippen molar-refractivity contribution in [1.29, 1.82) is 0 Å². The molecule has 4 radical (unpaired) electrons. The molecular weight excluding hydrogens is 149 g/mol. The molecule has 8 heteroatoms. The van der Waals surface area contributed by atoms with Crippen molar-refractivity contribution < 1.29 is 23.0 Å². The molecule has 0 aliphatic heterocycles. The Kier molecular flexibility index (Phi) is 22.6. The van der Waals surface area contributed by atoms with Crippen molar-refractivity contribution in [3.8, 4) is 0 Å². The van der Waals surface area contributed by atoms with Crippen molar-refractivity contribution in [3.63, 3.8) is 0 Å². The summed E-state index contributed by atoms with van der Waals surface area (Å²) in [7, 11) is -4.67. The molecule has 0 unspecified atom stereocenters. The average molecular weight is 153 g/mol. The normalized spacial score (nSPS) is 7.25. The third kappa shape index (κ3) is 365. The molecular formula is H4NNaO5S. The molecule has 3 N–H and O–H groups in total. The zero-order chi connectivity index (χ0) is 4.50. The fraction of sp³-hybridized carbons (Fsp3) is 0. The second-order valence-electron chi connectivity index (χ2n) is 0.448. The van der Waals surface area contributed by atoms with Gasteiger partial charge in [0.25, 0.3) is 0 Å². The van der Waals surface area contributed by atoms with Crippen LogP contribution in [-0.2, 0) is 10.4 Å². The van der Waals surface area contributed by atoms with Crippen LogP contribution in [0.1, 0.15) is 0 Å². The molecule has 0 atom stereocenters. The fourth-order valence-electron chi connectivity index (χ4n) is 0. The Labute approximate surface area is 69.0 Å². The first-order chi connectivity index (χ1) is 2.00. The Hall–Kier alpha value is 0.790. The molecule has 0 aromatic carbocycles. The first-order valence-electron chi connectivity index (χ1n) is 0.698. The molecule has 0 spiro atoms. The van der Waals surface area contributed by atoms with Gasteiger partial charge in [0.05, 0.1) is 0 Å². The van der Waals surface area contributed by atoms with E-state index in [0.717, 1.165) is 0 Å². The Morgan fingerprint density at radius 3 is 1.12 bits per heavy atom. The van der Waals surface area contributed by atoms with Gasteiger partial charge in [-0.3, -0.25) is 9.11 Å². The van der Waals surface area contributed by atoms with Crippen LogP contribution in [0, 0.1) is 0 Å². The largest absolute Gasteiger partial charge is 0.870 e. The molecule has 0 saturated heterocycles. The minimum Gasteiger partial charge on any atom is -0.870 e. The summed E-state index contributed by atoms with van der Waals surface area (Å²) in [6, 6.07) is 0. The van der Waals surface area contributed by atoms with E-state index in [2.05, 4.69) is 0 Å². The van der Waals surface area contributed by atoms with Gasteiger partial charge in [0.15, 0.2) is 0 Å². The molecule has 0 aliphatic rings. The summed E-state index contributed by atoms with van der Waals surface area (Å²) in [5, 5.41) is 0. The van der Waals surface area contributed by atoms with E-state index in [1.165, 1.54) is 0 Å². The van der Waals surface area contributed by atoms with Gasteiger partial charge in [-0.05, 0) is 0 Å². The van der Waals surface area contributed by atoms with Crippen LogP contribution in [0.4, 0.5) is 0 Å². The SMILES string of the molecule is O=S(=O)(O)O.[N+].[NaH].[OH-]. The van der Waals surface area contributed by atoms with E-state index in [1.807, 2.05) is 0 Å². The van der Waals surface area contributed by atoms with E-state index < -0.39 is 10.4 Å². The maximum Gasteiger partial charge on any atom is -0.870 e. The maximum absolute atomic E-state index is 8.74. The summed E-state index contributed by atoms with van der Waals surface area (Å²) < 4.78 is 31.6. The summed E-state index contributed by atoms with van der Waals surface area (Å²) >= 11 is 0. The van der Waals surface area contributed by atoms with Gasteiger partial charge >= 0.3 is 46.1 Å². The van der Waals surface area contributed by atoms with Gasteiger partial charge in [0.1, 0.15) is 0 Å². The monoisotopic (exact) mass is 153 g/mol.